The summed E-state index contributed by atoms with van der Waals surface area (Å²) in [6.07, 6.45) is -0.592. The van der Waals surface area contributed by atoms with Crippen LogP contribution < -0.4 is 25.0 Å². The van der Waals surface area contributed by atoms with Crippen LogP contribution in [0.4, 0.5) is 11.5 Å². The van der Waals surface area contributed by atoms with Crippen LogP contribution in [0.15, 0.2) is 72.8 Å². The standard InChI is InChI=1S/C29H32N5O4/c1-21(35)33-13-15-34(16-14-33)24-9-7-23(8-10-24)29(36)30-28-26-12-11-25(19-27(26)31-32-28)38-18-17-37-20-22-5-3-2-4-6-22/h2-12,19,21H,13-18,20H2,1H3,(H2,30,31,32,36)/q-1/p+1. The van der Waals surface area contributed by atoms with Gasteiger partial charge < -0.3 is 29.7 Å². The summed E-state index contributed by atoms with van der Waals surface area (Å²) in [5.74, 6) is 0.943. The van der Waals surface area contributed by atoms with Gasteiger partial charge in [-0.1, -0.05) is 30.3 Å². The van der Waals surface area contributed by atoms with E-state index in [4.69, 9.17) is 9.47 Å². The van der Waals surface area contributed by atoms with Crippen LogP contribution in [0.5, 0.6) is 5.75 Å². The van der Waals surface area contributed by atoms with Gasteiger partial charge in [-0.2, -0.15) is 5.10 Å². The number of carbonyl (C=O) groups is 1. The molecule has 0 bridgehead atoms. The van der Waals surface area contributed by atoms with E-state index in [-0.39, 0.29) is 5.91 Å². The molecule has 1 fully saturated rings. The molecule has 9 heteroatoms. The Morgan fingerprint density at radius 1 is 1.08 bits per heavy atom. The van der Waals surface area contributed by atoms with Crippen molar-refractivity contribution in [2.75, 3.05) is 49.6 Å². The third kappa shape index (κ3) is 6.31. The van der Waals surface area contributed by atoms with Gasteiger partial charge in [0.25, 0.3) is 5.91 Å². The van der Waals surface area contributed by atoms with Gasteiger partial charge in [-0.25, -0.2) is 0 Å². The number of hydrogen-bond donors (Lipinski definition) is 3. The molecule has 1 aliphatic heterocycles. The Morgan fingerprint density at radius 3 is 2.58 bits per heavy atom. The summed E-state index contributed by atoms with van der Waals surface area (Å²) in [5.41, 5.74) is 3.51. The number of carbonyl (C=O) groups excluding carboxylic acids is 1. The number of anilines is 2. The minimum absolute atomic E-state index is 0.227. The number of nitrogens with one attached hydrogen (secondary N) is 3. The monoisotopic (exact) mass is 515 g/mol. The van der Waals surface area contributed by atoms with Crippen LogP contribution >= 0.6 is 0 Å². The van der Waals surface area contributed by atoms with Crippen LogP contribution in [0.3, 0.4) is 0 Å². The van der Waals surface area contributed by atoms with E-state index in [9.17, 15) is 9.90 Å². The third-order valence-corrected chi connectivity index (χ3v) is 6.85. The van der Waals surface area contributed by atoms with Crippen molar-refractivity contribution in [1.82, 2.24) is 10.2 Å². The molecular weight excluding hydrogens is 482 g/mol. The van der Waals surface area contributed by atoms with Gasteiger partial charge in [-0.3, -0.25) is 9.89 Å². The molecule has 3 aromatic carbocycles. The molecule has 4 aromatic rings. The van der Waals surface area contributed by atoms with Crippen molar-refractivity contribution in [2.45, 2.75) is 19.8 Å². The molecule has 0 spiro atoms. The zero-order valence-electron chi connectivity index (χ0n) is 21.5. The summed E-state index contributed by atoms with van der Waals surface area (Å²) in [5, 5.41) is 22.6. The van der Waals surface area contributed by atoms with E-state index < -0.39 is 6.23 Å². The number of H-pyrrole nitrogens is 1. The number of aromatic amines is 1. The van der Waals surface area contributed by atoms with Gasteiger partial charge in [-0.15, -0.1) is 0 Å². The number of piperazine rings is 1. The fourth-order valence-corrected chi connectivity index (χ4v) is 4.63. The Labute approximate surface area is 222 Å². The van der Waals surface area contributed by atoms with Gasteiger partial charge in [0.2, 0.25) is 0 Å². The van der Waals surface area contributed by atoms with Crippen LogP contribution in [-0.4, -0.2) is 61.7 Å². The van der Waals surface area contributed by atoms with Crippen molar-refractivity contribution in [2.24, 2.45) is 0 Å². The van der Waals surface area contributed by atoms with Crippen LogP contribution in [0.25, 0.3) is 10.9 Å². The molecular formula is C29H33N5O4. The molecule has 198 valence electrons. The zero-order valence-corrected chi connectivity index (χ0v) is 21.5. The number of fused-ring (bicyclic) bond motifs is 1. The normalized spacial score (nSPS) is 14.9. The SMILES string of the molecule is CC([O-])[NH+]1CCN(c2ccc(C(=O)Nc3n[nH]c4cc(OCCOCc5ccccc5)ccc34)cc2)CC1. The topological polar surface area (TPSA) is 107 Å². The first-order chi connectivity index (χ1) is 18.6. The number of rotatable bonds is 10. The van der Waals surface area contributed by atoms with Crippen LogP contribution in [0, 0.1) is 0 Å². The highest BCUT2D eigenvalue weighted by molar-refractivity contribution is 6.08. The number of aromatic nitrogens is 2. The molecule has 38 heavy (non-hydrogen) atoms. The smallest absolute Gasteiger partial charge is 0.256 e. The number of amides is 1. The summed E-state index contributed by atoms with van der Waals surface area (Å²) >= 11 is 0. The summed E-state index contributed by atoms with van der Waals surface area (Å²) in [7, 11) is 0. The molecule has 1 aromatic heterocycles. The van der Waals surface area contributed by atoms with E-state index in [1.54, 1.807) is 6.92 Å². The van der Waals surface area contributed by atoms with E-state index >= 15 is 0 Å². The fraction of sp³-hybridized carbons (Fsp3) is 0.310. The molecule has 9 nitrogen and oxygen atoms in total. The maximum absolute atomic E-state index is 12.9. The average Bonchev–Trinajstić information content (AvgIpc) is 3.35. The maximum Gasteiger partial charge on any atom is 0.256 e. The van der Waals surface area contributed by atoms with E-state index in [1.165, 1.54) is 0 Å². The van der Waals surface area contributed by atoms with Crippen molar-refractivity contribution in [3.05, 3.63) is 83.9 Å². The van der Waals surface area contributed by atoms with E-state index in [1.807, 2.05) is 72.8 Å². The first-order valence-corrected chi connectivity index (χ1v) is 13.0. The minimum Gasteiger partial charge on any atom is -0.806 e. The second-order valence-electron chi connectivity index (χ2n) is 9.45. The van der Waals surface area contributed by atoms with Gasteiger partial charge in [0.1, 0.15) is 12.4 Å². The largest absolute Gasteiger partial charge is 0.806 e. The number of benzene rings is 3. The molecule has 0 aliphatic carbocycles. The highest BCUT2D eigenvalue weighted by Gasteiger charge is 2.20. The number of hydrogen-bond acceptors (Lipinski definition) is 6. The van der Waals surface area contributed by atoms with Crippen LogP contribution in [-0.2, 0) is 11.3 Å². The number of quaternary nitrogens is 1. The van der Waals surface area contributed by atoms with Crippen LogP contribution in [0.2, 0.25) is 0 Å². The number of ether oxygens (including phenoxy) is 2. The van der Waals surface area contributed by atoms with Crippen LogP contribution in [0.1, 0.15) is 22.8 Å². The lowest BCUT2D eigenvalue weighted by Crippen LogP contribution is -3.19. The Balaban J connectivity index is 1.12. The van der Waals surface area contributed by atoms with Gasteiger partial charge in [0.05, 0.1) is 44.9 Å². The fourth-order valence-electron chi connectivity index (χ4n) is 4.63. The lowest BCUT2D eigenvalue weighted by atomic mass is 10.1. The predicted octanol–water partition coefficient (Wildman–Crippen LogP) is 1.82. The summed E-state index contributed by atoms with van der Waals surface area (Å²) in [6, 6.07) is 23.2. The summed E-state index contributed by atoms with van der Waals surface area (Å²) < 4.78 is 11.5. The number of nitrogens with zero attached hydrogens (tertiary/aromatic N) is 2. The lowest BCUT2D eigenvalue weighted by Gasteiger charge is -2.38. The molecule has 0 saturated carbocycles. The molecule has 2 heterocycles. The van der Waals surface area contributed by atoms with Crippen molar-refractivity contribution in [3.8, 4) is 5.75 Å². The zero-order chi connectivity index (χ0) is 26.3. The first kappa shape index (κ1) is 25.7. The highest BCUT2D eigenvalue weighted by atomic mass is 16.5. The molecule has 1 saturated heterocycles. The average molecular weight is 516 g/mol. The van der Waals surface area contributed by atoms with Crippen molar-refractivity contribution in [3.63, 3.8) is 0 Å². The third-order valence-electron chi connectivity index (χ3n) is 6.85. The van der Waals surface area contributed by atoms with Gasteiger partial charge in [0.15, 0.2) is 5.82 Å². The summed E-state index contributed by atoms with van der Waals surface area (Å²) in [6.45, 7) is 6.50. The van der Waals surface area contributed by atoms with E-state index in [2.05, 4.69) is 20.4 Å². The van der Waals surface area contributed by atoms with Crippen molar-refractivity contribution < 1.29 is 24.3 Å². The molecule has 1 aliphatic rings. The molecule has 1 amide bonds. The lowest BCUT2D eigenvalue weighted by molar-refractivity contribution is -0.993. The Hall–Kier alpha value is -3.92. The second kappa shape index (κ2) is 12.1. The highest BCUT2D eigenvalue weighted by Crippen LogP contribution is 2.25. The minimum atomic E-state index is -0.592. The second-order valence-corrected chi connectivity index (χ2v) is 9.45. The molecule has 1 atom stereocenters. The quantitative estimate of drug-likeness (QED) is 0.278. The molecule has 1 unspecified atom stereocenters. The first-order valence-electron chi connectivity index (χ1n) is 13.0. The molecule has 5 rings (SSSR count). The Kier molecular flexibility index (Phi) is 8.18. The van der Waals surface area contributed by atoms with Gasteiger partial charge in [-0.05, 0) is 48.9 Å². The predicted molar refractivity (Wildman–Crippen MR) is 144 cm³/mol. The summed E-state index contributed by atoms with van der Waals surface area (Å²) in [4.78, 5) is 16.2. The van der Waals surface area contributed by atoms with Gasteiger partial charge >= 0.3 is 0 Å². The van der Waals surface area contributed by atoms with E-state index in [0.717, 1.165) is 53.2 Å². The Bertz CT molecular complexity index is 1330. The molecule has 0 radical (unpaired) electrons. The van der Waals surface area contributed by atoms with E-state index in [0.29, 0.717) is 37.0 Å². The van der Waals surface area contributed by atoms with Crippen molar-refractivity contribution >= 4 is 28.3 Å². The maximum atomic E-state index is 12.9. The van der Waals surface area contributed by atoms with Gasteiger partial charge in [0, 0.05) is 28.9 Å². The van der Waals surface area contributed by atoms with Crippen molar-refractivity contribution in [1.29, 1.82) is 0 Å². The molecule has 3 N–H and O–H groups in total. The Morgan fingerprint density at radius 2 is 1.84 bits per heavy atom.